The molecule has 0 aliphatic carbocycles. The van der Waals surface area contributed by atoms with E-state index in [2.05, 4.69) is 24.4 Å². The highest BCUT2D eigenvalue weighted by atomic mass is 16.2. The predicted molar refractivity (Wildman–Crippen MR) is 86.3 cm³/mol. The number of carbonyl (C=O) groups excluding carboxylic acids is 2. The number of benzene rings is 1. The highest BCUT2D eigenvalue weighted by molar-refractivity contribution is 5.77. The minimum absolute atomic E-state index is 0.0898. The maximum absolute atomic E-state index is 12.1. The molecule has 1 saturated heterocycles. The number of nitrogens with zero attached hydrogens (tertiary/aromatic N) is 2. The molecule has 120 valence electrons. The second kappa shape index (κ2) is 7.94. The molecule has 0 atom stereocenters. The molecule has 0 spiro atoms. The van der Waals surface area contributed by atoms with Crippen molar-refractivity contribution < 1.29 is 9.59 Å². The first-order chi connectivity index (χ1) is 10.6. The van der Waals surface area contributed by atoms with Gasteiger partial charge < -0.3 is 15.1 Å². The van der Waals surface area contributed by atoms with E-state index in [4.69, 9.17) is 0 Å². The summed E-state index contributed by atoms with van der Waals surface area (Å²) in [7, 11) is 0. The number of aryl methyl sites for hydroxylation is 1. The van der Waals surface area contributed by atoms with Crippen LogP contribution in [0.15, 0.2) is 24.3 Å². The summed E-state index contributed by atoms with van der Waals surface area (Å²) in [6, 6.07) is 8.26. The Bertz CT molecular complexity index is 522. The van der Waals surface area contributed by atoms with E-state index >= 15 is 0 Å². The Hall–Kier alpha value is -1.88. The number of hydrogen-bond acceptors (Lipinski definition) is 3. The van der Waals surface area contributed by atoms with Crippen LogP contribution in [0.2, 0.25) is 0 Å². The van der Waals surface area contributed by atoms with E-state index in [0.717, 1.165) is 6.54 Å². The van der Waals surface area contributed by atoms with Crippen LogP contribution >= 0.6 is 0 Å². The summed E-state index contributed by atoms with van der Waals surface area (Å²) < 4.78 is 0. The highest BCUT2D eigenvalue weighted by Crippen LogP contribution is 2.07. The van der Waals surface area contributed by atoms with E-state index in [1.165, 1.54) is 11.1 Å². The zero-order chi connectivity index (χ0) is 15.9. The van der Waals surface area contributed by atoms with Gasteiger partial charge in [-0.3, -0.25) is 9.59 Å². The lowest BCUT2D eigenvalue weighted by atomic mass is 10.1. The molecule has 1 fully saturated rings. The number of carbonyl (C=O) groups is 2. The fraction of sp³-hybridized carbons (Fsp3) is 0.529. The SMILES string of the molecule is CC(=O)N1CCN(C(=O)CCNCc2ccccc2C)CC1. The third kappa shape index (κ3) is 4.56. The van der Waals surface area contributed by atoms with Gasteiger partial charge >= 0.3 is 0 Å². The zero-order valence-corrected chi connectivity index (χ0v) is 13.5. The summed E-state index contributed by atoms with van der Waals surface area (Å²) in [5.41, 5.74) is 2.53. The standard InChI is InChI=1S/C17H25N3O2/c1-14-5-3-4-6-16(14)13-18-8-7-17(22)20-11-9-19(10-12-20)15(2)21/h3-6,18H,7-13H2,1-2H3. The topological polar surface area (TPSA) is 52.7 Å². The summed E-state index contributed by atoms with van der Waals surface area (Å²) in [6.07, 6.45) is 0.506. The first-order valence-electron chi connectivity index (χ1n) is 7.86. The molecule has 5 heteroatoms. The molecule has 0 saturated carbocycles. The van der Waals surface area contributed by atoms with Crippen molar-refractivity contribution in [2.75, 3.05) is 32.7 Å². The molecular formula is C17H25N3O2. The van der Waals surface area contributed by atoms with Crippen molar-refractivity contribution in [1.29, 1.82) is 0 Å². The maximum atomic E-state index is 12.1. The third-order valence-corrected chi connectivity index (χ3v) is 4.17. The van der Waals surface area contributed by atoms with Gasteiger partial charge in [-0.2, -0.15) is 0 Å². The Kier molecular flexibility index (Phi) is 5.95. The zero-order valence-electron chi connectivity index (χ0n) is 13.5. The quantitative estimate of drug-likeness (QED) is 0.831. The Morgan fingerprint density at radius 3 is 2.36 bits per heavy atom. The molecule has 1 heterocycles. The summed E-state index contributed by atoms with van der Waals surface area (Å²) >= 11 is 0. The molecule has 0 bridgehead atoms. The maximum Gasteiger partial charge on any atom is 0.223 e. The lowest BCUT2D eigenvalue weighted by Crippen LogP contribution is -2.50. The Morgan fingerprint density at radius 1 is 1.09 bits per heavy atom. The number of nitrogens with one attached hydrogen (secondary N) is 1. The number of piperazine rings is 1. The van der Waals surface area contributed by atoms with Gasteiger partial charge in [-0.15, -0.1) is 0 Å². The van der Waals surface area contributed by atoms with Gasteiger partial charge in [0.15, 0.2) is 0 Å². The Balaban J connectivity index is 1.66. The average molecular weight is 303 g/mol. The van der Waals surface area contributed by atoms with Gasteiger partial charge in [-0.25, -0.2) is 0 Å². The fourth-order valence-electron chi connectivity index (χ4n) is 2.66. The van der Waals surface area contributed by atoms with Crippen LogP contribution in [0.3, 0.4) is 0 Å². The minimum Gasteiger partial charge on any atom is -0.339 e. The molecule has 2 amide bonds. The van der Waals surface area contributed by atoms with Crippen LogP contribution in [0, 0.1) is 6.92 Å². The molecular weight excluding hydrogens is 278 g/mol. The van der Waals surface area contributed by atoms with Crippen molar-refractivity contribution in [3.05, 3.63) is 35.4 Å². The summed E-state index contributed by atoms with van der Waals surface area (Å²) in [5.74, 6) is 0.257. The second-order valence-corrected chi connectivity index (χ2v) is 5.74. The lowest BCUT2D eigenvalue weighted by Gasteiger charge is -2.34. The van der Waals surface area contributed by atoms with Crippen molar-refractivity contribution in [2.24, 2.45) is 0 Å². The van der Waals surface area contributed by atoms with E-state index in [1.54, 1.807) is 11.8 Å². The van der Waals surface area contributed by atoms with E-state index in [9.17, 15) is 9.59 Å². The van der Waals surface area contributed by atoms with Gasteiger partial charge in [-0.1, -0.05) is 24.3 Å². The molecule has 1 aromatic rings. The van der Waals surface area contributed by atoms with Crippen LogP contribution in [0.5, 0.6) is 0 Å². The molecule has 0 aromatic heterocycles. The first kappa shape index (κ1) is 16.5. The molecule has 2 rings (SSSR count). The molecule has 1 aliphatic heterocycles. The molecule has 0 unspecified atom stereocenters. The highest BCUT2D eigenvalue weighted by Gasteiger charge is 2.21. The van der Waals surface area contributed by atoms with E-state index in [-0.39, 0.29) is 11.8 Å². The van der Waals surface area contributed by atoms with Crippen LogP contribution in [0.25, 0.3) is 0 Å². The first-order valence-corrected chi connectivity index (χ1v) is 7.86. The lowest BCUT2D eigenvalue weighted by molar-refractivity contribution is -0.138. The molecule has 22 heavy (non-hydrogen) atoms. The number of rotatable bonds is 5. The Labute approximate surface area is 132 Å². The van der Waals surface area contributed by atoms with Gasteiger partial charge in [0.2, 0.25) is 11.8 Å². The van der Waals surface area contributed by atoms with Crippen LogP contribution in [0.1, 0.15) is 24.5 Å². The van der Waals surface area contributed by atoms with Crippen molar-refractivity contribution in [2.45, 2.75) is 26.8 Å². The molecule has 1 aromatic carbocycles. The van der Waals surface area contributed by atoms with Gasteiger partial charge in [-0.05, 0) is 18.1 Å². The fourth-order valence-corrected chi connectivity index (χ4v) is 2.66. The van der Waals surface area contributed by atoms with Gasteiger partial charge in [0.25, 0.3) is 0 Å². The summed E-state index contributed by atoms with van der Waals surface area (Å²) in [5, 5.41) is 3.33. The van der Waals surface area contributed by atoms with Gasteiger partial charge in [0.1, 0.15) is 0 Å². The smallest absolute Gasteiger partial charge is 0.223 e. The molecule has 1 N–H and O–H groups in total. The molecule has 5 nitrogen and oxygen atoms in total. The van der Waals surface area contributed by atoms with E-state index < -0.39 is 0 Å². The van der Waals surface area contributed by atoms with E-state index in [1.807, 2.05) is 17.0 Å². The van der Waals surface area contributed by atoms with Crippen molar-refractivity contribution in [3.8, 4) is 0 Å². The van der Waals surface area contributed by atoms with Crippen molar-refractivity contribution in [1.82, 2.24) is 15.1 Å². The predicted octanol–water partition coefficient (Wildman–Crippen LogP) is 1.17. The molecule has 1 aliphatic rings. The average Bonchev–Trinajstić information content (AvgIpc) is 2.53. The number of hydrogen-bond donors (Lipinski definition) is 1. The molecule has 0 radical (unpaired) electrons. The monoisotopic (exact) mass is 303 g/mol. The van der Waals surface area contributed by atoms with E-state index in [0.29, 0.717) is 39.1 Å². The van der Waals surface area contributed by atoms with Crippen LogP contribution < -0.4 is 5.32 Å². The summed E-state index contributed by atoms with van der Waals surface area (Å²) in [4.78, 5) is 27.0. The van der Waals surface area contributed by atoms with Crippen LogP contribution in [0.4, 0.5) is 0 Å². The van der Waals surface area contributed by atoms with Crippen molar-refractivity contribution >= 4 is 11.8 Å². The summed E-state index contributed by atoms with van der Waals surface area (Å²) in [6.45, 7) is 7.74. The van der Waals surface area contributed by atoms with Crippen molar-refractivity contribution in [3.63, 3.8) is 0 Å². The van der Waals surface area contributed by atoms with Crippen LogP contribution in [-0.4, -0.2) is 54.3 Å². The Morgan fingerprint density at radius 2 is 1.73 bits per heavy atom. The van der Waals surface area contributed by atoms with Gasteiger partial charge in [0, 0.05) is 52.6 Å². The van der Waals surface area contributed by atoms with Crippen LogP contribution in [-0.2, 0) is 16.1 Å². The number of amides is 2. The minimum atomic E-state index is 0.0898. The second-order valence-electron chi connectivity index (χ2n) is 5.74. The third-order valence-electron chi connectivity index (χ3n) is 4.17. The van der Waals surface area contributed by atoms with Gasteiger partial charge in [0.05, 0.1) is 0 Å². The largest absolute Gasteiger partial charge is 0.339 e. The normalized spacial score (nSPS) is 15.0.